The van der Waals surface area contributed by atoms with Crippen LogP contribution >= 0.6 is 0 Å². The number of aromatic nitrogens is 1. The van der Waals surface area contributed by atoms with E-state index in [1.807, 2.05) is 24.3 Å². The summed E-state index contributed by atoms with van der Waals surface area (Å²) in [6.45, 7) is 2.69. The second-order valence-electron chi connectivity index (χ2n) is 9.62. The zero-order chi connectivity index (χ0) is 24.6. The van der Waals surface area contributed by atoms with E-state index in [0.717, 1.165) is 56.2 Å². The highest BCUT2D eigenvalue weighted by Gasteiger charge is 2.31. The molecule has 1 aliphatic heterocycles. The topological polar surface area (TPSA) is 75.8 Å². The van der Waals surface area contributed by atoms with Gasteiger partial charge in [-0.15, -0.1) is 0 Å². The summed E-state index contributed by atoms with van der Waals surface area (Å²) in [5.41, 5.74) is 2.59. The minimum absolute atomic E-state index is 0.0524. The number of furan rings is 1. The Kier molecular flexibility index (Phi) is 8.74. The van der Waals surface area contributed by atoms with Gasteiger partial charge >= 0.3 is 5.97 Å². The van der Waals surface area contributed by atoms with E-state index < -0.39 is 12.1 Å². The number of alkyl halides is 1. The van der Waals surface area contributed by atoms with Crippen LogP contribution in [0.25, 0.3) is 10.9 Å². The second kappa shape index (κ2) is 12.2. The third kappa shape index (κ3) is 6.82. The molecule has 0 spiro atoms. The molecule has 3 atom stereocenters. The molecule has 35 heavy (non-hydrogen) atoms. The average molecular weight is 483 g/mol. The number of hydrogen-bond donors (Lipinski definition) is 1. The van der Waals surface area contributed by atoms with Gasteiger partial charge in [-0.25, -0.2) is 4.39 Å². The summed E-state index contributed by atoms with van der Waals surface area (Å²) in [5.74, 6) is 0.175. The molecule has 0 radical (unpaired) electrons. The number of hydrogen-bond acceptors (Lipinski definition) is 5. The number of carboxylic acid groups (broad SMARTS) is 1. The van der Waals surface area contributed by atoms with Crippen LogP contribution < -0.4 is 4.74 Å². The Hall–Kier alpha value is -2.93. The average Bonchev–Trinajstić information content (AvgIpc) is 3.38. The van der Waals surface area contributed by atoms with Crippen LogP contribution in [0.2, 0.25) is 0 Å². The van der Waals surface area contributed by atoms with Crippen LogP contribution in [-0.2, 0) is 11.2 Å². The molecular weight excluding hydrogens is 447 g/mol. The normalized spacial score (nSPS) is 19.6. The summed E-state index contributed by atoms with van der Waals surface area (Å²) in [4.78, 5) is 18.3. The monoisotopic (exact) mass is 482 g/mol. The quantitative estimate of drug-likeness (QED) is 0.316. The number of likely N-dealkylation sites (tertiary alicyclic amines) is 1. The van der Waals surface area contributed by atoms with E-state index in [2.05, 4.69) is 9.88 Å². The molecule has 1 unspecified atom stereocenters. The van der Waals surface area contributed by atoms with Crippen LogP contribution in [0.4, 0.5) is 4.39 Å². The van der Waals surface area contributed by atoms with Crippen molar-refractivity contribution in [2.75, 3.05) is 26.7 Å². The van der Waals surface area contributed by atoms with Gasteiger partial charge in [0, 0.05) is 24.5 Å². The number of aryl methyl sites for hydroxylation is 1. The second-order valence-corrected chi connectivity index (χ2v) is 9.62. The van der Waals surface area contributed by atoms with Crippen molar-refractivity contribution < 1.29 is 23.4 Å². The first-order valence-electron chi connectivity index (χ1n) is 12.6. The first-order chi connectivity index (χ1) is 17.0. The molecule has 3 heterocycles. The number of carbonyl (C=O) groups is 1. The van der Waals surface area contributed by atoms with Crippen LogP contribution in [0.1, 0.15) is 55.8 Å². The van der Waals surface area contributed by atoms with Crippen molar-refractivity contribution in [3.8, 4) is 5.75 Å². The molecule has 0 saturated carbocycles. The molecule has 0 aliphatic carbocycles. The maximum absolute atomic E-state index is 15.4. The third-order valence-corrected chi connectivity index (χ3v) is 7.29. The fourth-order valence-corrected chi connectivity index (χ4v) is 5.36. The Morgan fingerprint density at radius 1 is 1.29 bits per heavy atom. The van der Waals surface area contributed by atoms with Crippen molar-refractivity contribution in [2.24, 2.45) is 11.8 Å². The highest BCUT2D eigenvalue weighted by atomic mass is 19.1. The standard InChI is InChI=1S/C28H35FN2O4/c1-34-23-6-8-27-25(17-23)24(9-12-30-27)26(29)7-5-21-10-14-31(18-22(21)16-28(32)33)13-3-2-4-20-11-15-35-19-20/h6,8-9,11-12,15,17,19,21-22,26H,2-5,7,10,13-14,16,18H2,1H3,(H,32,33)/t21-,22+,26?/m1/s1. The van der Waals surface area contributed by atoms with E-state index in [1.54, 1.807) is 31.9 Å². The molecule has 1 aromatic carbocycles. The minimum Gasteiger partial charge on any atom is -0.497 e. The number of piperidine rings is 1. The lowest BCUT2D eigenvalue weighted by atomic mass is 9.79. The number of aliphatic carboxylic acids is 1. The van der Waals surface area contributed by atoms with E-state index >= 15 is 4.39 Å². The number of halogens is 1. The number of nitrogens with zero attached hydrogens (tertiary/aromatic N) is 2. The van der Waals surface area contributed by atoms with Gasteiger partial charge in [0.05, 0.1) is 25.2 Å². The van der Waals surface area contributed by atoms with Gasteiger partial charge in [0.25, 0.3) is 0 Å². The largest absolute Gasteiger partial charge is 0.497 e. The van der Waals surface area contributed by atoms with Crippen molar-refractivity contribution in [1.82, 2.24) is 9.88 Å². The summed E-state index contributed by atoms with van der Waals surface area (Å²) < 4.78 is 25.9. The summed E-state index contributed by atoms with van der Waals surface area (Å²) >= 11 is 0. The number of pyridine rings is 1. The fourth-order valence-electron chi connectivity index (χ4n) is 5.36. The summed E-state index contributed by atoms with van der Waals surface area (Å²) in [6.07, 6.45) is 9.28. The molecule has 0 bridgehead atoms. The predicted octanol–water partition coefficient (Wildman–Crippen LogP) is 6.06. The smallest absolute Gasteiger partial charge is 0.303 e. The van der Waals surface area contributed by atoms with Gasteiger partial charge in [0.1, 0.15) is 11.9 Å². The van der Waals surface area contributed by atoms with E-state index in [1.165, 1.54) is 5.56 Å². The molecule has 3 aromatic rings. The van der Waals surface area contributed by atoms with Gasteiger partial charge < -0.3 is 19.2 Å². The molecule has 4 rings (SSSR count). The van der Waals surface area contributed by atoms with Gasteiger partial charge in [-0.1, -0.05) is 0 Å². The molecule has 7 heteroatoms. The fraction of sp³-hybridized carbons (Fsp3) is 0.500. The molecule has 2 aromatic heterocycles. The van der Waals surface area contributed by atoms with Gasteiger partial charge in [-0.05, 0) is 105 Å². The lowest BCUT2D eigenvalue weighted by Gasteiger charge is -2.38. The molecule has 0 amide bonds. The Bertz CT molecular complexity index is 1090. The van der Waals surface area contributed by atoms with Gasteiger partial charge in [-0.2, -0.15) is 0 Å². The lowest BCUT2D eigenvalue weighted by molar-refractivity contribution is -0.139. The van der Waals surface area contributed by atoms with Gasteiger partial charge in [-0.3, -0.25) is 9.78 Å². The first-order valence-corrected chi connectivity index (χ1v) is 12.6. The van der Waals surface area contributed by atoms with Crippen molar-refractivity contribution in [3.05, 3.63) is 60.2 Å². The Labute approximate surface area is 206 Å². The molecule has 1 fully saturated rings. The highest BCUT2D eigenvalue weighted by molar-refractivity contribution is 5.83. The zero-order valence-corrected chi connectivity index (χ0v) is 20.4. The van der Waals surface area contributed by atoms with Crippen molar-refractivity contribution >= 4 is 16.9 Å². The van der Waals surface area contributed by atoms with Gasteiger partial charge in [0.15, 0.2) is 0 Å². The molecule has 6 nitrogen and oxygen atoms in total. The molecular formula is C28H35FN2O4. The molecule has 1 saturated heterocycles. The van der Waals surface area contributed by atoms with E-state index in [-0.39, 0.29) is 18.3 Å². The summed E-state index contributed by atoms with van der Waals surface area (Å²) in [5, 5.41) is 10.3. The molecule has 1 N–H and O–H groups in total. The van der Waals surface area contributed by atoms with Crippen molar-refractivity contribution in [2.45, 2.75) is 51.1 Å². The number of carboxylic acids is 1. The first kappa shape index (κ1) is 25.2. The van der Waals surface area contributed by atoms with E-state index in [0.29, 0.717) is 24.2 Å². The number of ether oxygens (including phenoxy) is 1. The van der Waals surface area contributed by atoms with Crippen LogP contribution in [0.3, 0.4) is 0 Å². The van der Waals surface area contributed by atoms with Crippen LogP contribution in [0.5, 0.6) is 5.75 Å². The molecule has 188 valence electrons. The maximum Gasteiger partial charge on any atom is 0.303 e. The number of benzene rings is 1. The maximum atomic E-state index is 15.4. The summed E-state index contributed by atoms with van der Waals surface area (Å²) in [7, 11) is 1.60. The highest BCUT2D eigenvalue weighted by Crippen LogP contribution is 2.36. The lowest BCUT2D eigenvalue weighted by Crippen LogP contribution is -2.41. The number of fused-ring (bicyclic) bond motifs is 1. The number of rotatable bonds is 12. The van der Waals surface area contributed by atoms with Gasteiger partial charge in [0.2, 0.25) is 0 Å². The number of methoxy groups -OCH3 is 1. The Morgan fingerprint density at radius 3 is 2.94 bits per heavy atom. The Balaban J connectivity index is 1.32. The third-order valence-electron chi connectivity index (χ3n) is 7.29. The minimum atomic E-state index is -1.13. The predicted molar refractivity (Wildman–Crippen MR) is 133 cm³/mol. The van der Waals surface area contributed by atoms with Crippen molar-refractivity contribution in [3.63, 3.8) is 0 Å². The summed E-state index contributed by atoms with van der Waals surface area (Å²) in [6, 6.07) is 9.25. The van der Waals surface area contributed by atoms with Crippen LogP contribution in [-0.4, -0.2) is 47.7 Å². The van der Waals surface area contributed by atoms with Crippen LogP contribution in [0, 0.1) is 11.8 Å². The van der Waals surface area contributed by atoms with Crippen LogP contribution in [0.15, 0.2) is 53.5 Å². The van der Waals surface area contributed by atoms with Crippen molar-refractivity contribution in [1.29, 1.82) is 0 Å². The Morgan fingerprint density at radius 2 is 2.17 bits per heavy atom. The zero-order valence-electron chi connectivity index (χ0n) is 20.4. The van der Waals surface area contributed by atoms with E-state index in [9.17, 15) is 9.90 Å². The van der Waals surface area contributed by atoms with E-state index in [4.69, 9.17) is 9.15 Å². The SMILES string of the molecule is COc1ccc2nccc(C(F)CC[C@@H]3CCN(CCCCc4ccoc4)C[C@@H]3CC(=O)O)c2c1. The molecule has 1 aliphatic rings. The number of unbranched alkanes of at least 4 members (excludes halogenated alkanes) is 1.